The first-order chi connectivity index (χ1) is 14.0. The molecule has 3 N–H and O–H groups in total. The summed E-state index contributed by atoms with van der Waals surface area (Å²) in [6, 6.07) is 12.7. The number of primary amides is 1. The first-order valence-corrected chi connectivity index (χ1v) is 10.7. The van der Waals surface area contributed by atoms with E-state index in [-0.39, 0.29) is 6.61 Å². The van der Waals surface area contributed by atoms with Crippen molar-refractivity contribution >= 4 is 40.4 Å². The maximum Gasteiger partial charge on any atom is 0.248 e. The van der Waals surface area contributed by atoms with Gasteiger partial charge in [-0.05, 0) is 36.2 Å². The van der Waals surface area contributed by atoms with E-state index in [9.17, 15) is 9.90 Å². The molecule has 0 aliphatic carbocycles. The highest BCUT2D eigenvalue weighted by Crippen LogP contribution is 2.26. The number of hydrogen-bond donors (Lipinski definition) is 2. The molecule has 1 amide bonds. The number of nitrogens with two attached hydrogens (primary N) is 1. The van der Waals surface area contributed by atoms with Gasteiger partial charge >= 0.3 is 0 Å². The van der Waals surface area contributed by atoms with Crippen molar-refractivity contribution in [2.45, 2.75) is 19.5 Å². The van der Waals surface area contributed by atoms with Gasteiger partial charge in [0, 0.05) is 42.7 Å². The van der Waals surface area contributed by atoms with Gasteiger partial charge in [-0.3, -0.25) is 9.69 Å². The number of thiazole rings is 1. The highest BCUT2D eigenvalue weighted by Gasteiger charge is 2.12. The lowest BCUT2D eigenvalue weighted by molar-refractivity contribution is 0.100. The predicted octanol–water partition coefficient (Wildman–Crippen LogP) is 4.60. The number of aliphatic hydroxyl groups excluding tert-OH is 1. The highest BCUT2D eigenvalue weighted by atomic mass is 35.5. The fourth-order valence-electron chi connectivity index (χ4n) is 2.92. The molecule has 0 fully saturated rings. The lowest BCUT2D eigenvalue weighted by Gasteiger charge is -2.21. The molecule has 5 nitrogen and oxygen atoms in total. The summed E-state index contributed by atoms with van der Waals surface area (Å²) < 4.78 is 0. The maximum absolute atomic E-state index is 11.2. The molecule has 2 aromatic carbocycles. The Balaban J connectivity index is 1.72. The van der Waals surface area contributed by atoms with Gasteiger partial charge in [0.15, 0.2) is 0 Å². The van der Waals surface area contributed by atoms with Crippen molar-refractivity contribution in [3.8, 4) is 10.6 Å². The van der Waals surface area contributed by atoms with Crippen molar-refractivity contribution in [3.63, 3.8) is 0 Å². The monoisotopic (exact) mass is 449 g/mol. The fourth-order valence-corrected chi connectivity index (χ4v) is 4.06. The molecule has 3 rings (SSSR count). The summed E-state index contributed by atoms with van der Waals surface area (Å²) in [4.78, 5) is 18.2. The smallest absolute Gasteiger partial charge is 0.248 e. The lowest BCUT2D eigenvalue weighted by Crippen LogP contribution is -2.24. The Morgan fingerprint density at radius 3 is 2.52 bits per heavy atom. The molecule has 0 bridgehead atoms. The van der Waals surface area contributed by atoms with Crippen molar-refractivity contribution in [2.75, 3.05) is 13.2 Å². The zero-order valence-electron chi connectivity index (χ0n) is 15.6. The van der Waals surface area contributed by atoms with E-state index in [0.717, 1.165) is 28.4 Å². The average Bonchev–Trinajstić information content (AvgIpc) is 3.17. The van der Waals surface area contributed by atoms with Crippen molar-refractivity contribution < 1.29 is 9.90 Å². The number of rotatable bonds is 9. The molecule has 0 saturated heterocycles. The first kappa shape index (κ1) is 21.7. The average molecular weight is 450 g/mol. The van der Waals surface area contributed by atoms with Crippen molar-refractivity contribution in [1.82, 2.24) is 9.88 Å². The molecular formula is C21H21Cl2N3O2S. The number of halogens is 2. The van der Waals surface area contributed by atoms with Crippen LogP contribution in [0.5, 0.6) is 0 Å². The van der Waals surface area contributed by atoms with Crippen LogP contribution in [0.15, 0.2) is 47.8 Å². The van der Waals surface area contributed by atoms with Crippen LogP contribution >= 0.6 is 34.5 Å². The van der Waals surface area contributed by atoms with E-state index in [1.165, 1.54) is 0 Å². The summed E-state index contributed by atoms with van der Waals surface area (Å²) in [7, 11) is 0. The SMILES string of the molecule is NC(=O)c1ccc(-c2nc(CN(CCCO)Cc3ccc(Cl)c(Cl)c3)cs2)cc1. The number of benzene rings is 2. The predicted molar refractivity (Wildman–Crippen MR) is 118 cm³/mol. The molecule has 1 heterocycles. The third-order valence-electron chi connectivity index (χ3n) is 4.38. The number of carbonyl (C=O) groups excluding carboxylic acids is 1. The minimum atomic E-state index is -0.446. The van der Waals surface area contributed by atoms with Crippen LogP contribution in [0.2, 0.25) is 10.0 Å². The Labute approximate surface area is 183 Å². The van der Waals surface area contributed by atoms with Gasteiger partial charge in [0.25, 0.3) is 0 Å². The van der Waals surface area contributed by atoms with Crippen LogP contribution in [-0.2, 0) is 13.1 Å². The van der Waals surface area contributed by atoms with Crippen molar-refractivity contribution in [2.24, 2.45) is 5.73 Å². The number of aromatic nitrogens is 1. The second kappa shape index (κ2) is 10.2. The molecule has 0 aliphatic rings. The minimum Gasteiger partial charge on any atom is -0.396 e. The Morgan fingerprint density at radius 2 is 1.86 bits per heavy atom. The molecule has 152 valence electrons. The van der Waals surface area contributed by atoms with E-state index in [4.69, 9.17) is 33.9 Å². The molecule has 29 heavy (non-hydrogen) atoms. The van der Waals surface area contributed by atoms with E-state index in [2.05, 4.69) is 4.90 Å². The van der Waals surface area contributed by atoms with Crippen LogP contribution in [0.3, 0.4) is 0 Å². The largest absolute Gasteiger partial charge is 0.396 e. The second-order valence-corrected chi connectivity index (χ2v) is 8.29. The zero-order chi connectivity index (χ0) is 20.8. The van der Waals surface area contributed by atoms with Crippen molar-refractivity contribution in [3.05, 3.63) is 74.7 Å². The van der Waals surface area contributed by atoms with Gasteiger partial charge in [-0.1, -0.05) is 41.4 Å². The summed E-state index contributed by atoms with van der Waals surface area (Å²) in [5, 5.41) is 13.2. The van der Waals surface area contributed by atoms with Crippen LogP contribution < -0.4 is 5.73 Å². The first-order valence-electron chi connectivity index (χ1n) is 9.08. The molecule has 8 heteroatoms. The maximum atomic E-state index is 11.2. The molecule has 1 aromatic heterocycles. The Bertz CT molecular complexity index is 976. The number of carbonyl (C=O) groups is 1. The fraction of sp³-hybridized carbons (Fsp3) is 0.238. The second-order valence-electron chi connectivity index (χ2n) is 6.62. The van der Waals surface area contributed by atoms with E-state index in [0.29, 0.717) is 35.1 Å². The van der Waals surface area contributed by atoms with E-state index < -0.39 is 5.91 Å². The molecule has 0 radical (unpaired) electrons. The van der Waals surface area contributed by atoms with E-state index in [1.54, 1.807) is 29.5 Å². The van der Waals surface area contributed by atoms with Gasteiger partial charge in [0.05, 0.1) is 15.7 Å². The number of amides is 1. The lowest BCUT2D eigenvalue weighted by atomic mass is 10.1. The number of nitrogens with zero attached hydrogens (tertiary/aromatic N) is 2. The van der Waals surface area contributed by atoms with Crippen LogP contribution in [0.4, 0.5) is 0 Å². The van der Waals surface area contributed by atoms with Crippen molar-refractivity contribution in [1.29, 1.82) is 0 Å². The Morgan fingerprint density at radius 1 is 1.10 bits per heavy atom. The Kier molecular flexibility index (Phi) is 7.64. The summed E-state index contributed by atoms with van der Waals surface area (Å²) in [6.07, 6.45) is 0.674. The summed E-state index contributed by atoms with van der Waals surface area (Å²) >= 11 is 13.7. The summed E-state index contributed by atoms with van der Waals surface area (Å²) in [5.41, 5.74) is 8.71. The molecule has 0 aliphatic heterocycles. The summed E-state index contributed by atoms with van der Waals surface area (Å²) in [6.45, 7) is 2.19. The van der Waals surface area contributed by atoms with Crippen LogP contribution in [0.1, 0.15) is 28.0 Å². The zero-order valence-corrected chi connectivity index (χ0v) is 18.0. The van der Waals surface area contributed by atoms with Gasteiger partial charge in [0.1, 0.15) is 5.01 Å². The minimum absolute atomic E-state index is 0.131. The van der Waals surface area contributed by atoms with E-state index in [1.807, 2.05) is 29.6 Å². The van der Waals surface area contributed by atoms with E-state index >= 15 is 0 Å². The van der Waals surface area contributed by atoms with Gasteiger partial charge in [-0.25, -0.2) is 4.98 Å². The standard InChI is InChI=1S/C21H21Cl2N3O2S/c22-18-7-2-14(10-19(18)23)11-26(8-1-9-27)12-17-13-29-21(25-17)16-5-3-15(4-6-16)20(24)28/h2-7,10,13,27H,1,8-9,11-12H2,(H2,24,28). The molecule has 0 unspecified atom stereocenters. The van der Waals surface area contributed by atoms with Crippen LogP contribution in [0.25, 0.3) is 10.6 Å². The van der Waals surface area contributed by atoms with Gasteiger partial charge in [-0.15, -0.1) is 11.3 Å². The summed E-state index contributed by atoms with van der Waals surface area (Å²) in [5.74, 6) is -0.446. The molecule has 3 aromatic rings. The third kappa shape index (κ3) is 6.01. The van der Waals surface area contributed by atoms with Gasteiger partial charge in [-0.2, -0.15) is 0 Å². The van der Waals surface area contributed by atoms with Crippen LogP contribution in [-0.4, -0.2) is 34.0 Å². The van der Waals surface area contributed by atoms with Gasteiger partial charge < -0.3 is 10.8 Å². The van der Waals surface area contributed by atoms with Gasteiger partial charge in [0.2, 0.25) is 5.91 Å². The number of aliphatic hydroxyl groups is 1. The molecular weight excluding hydrogens is 429 g/mol. The third-order valence-corrected chi connectivity index (χ3v) is 6.06. The highest BCUT2D eigenvalue weighted by molar-refractivity contribution is 7.13. The normalized spacial score (nSPS) is 11.2. The topological polar surface area (TPSA) is 79.5 Å². The quantitative estimate of drug-likeness (QED) is 0.500. The molecule has 0 spiro atoms. The number of hydrogen-bond acceptors (Lipinski definition) is 5. The molecule has 0 atom stereocenters. The van der Waals surface area contributed by atoms with Crippen LogP contribution in [0, 0.1) is 0 Å². The Hall–Kier alpha value is -1.96. The molecule has 0 saturated carbocycles.